The molecular formula is C20H11ClF2N6OS. The lowest BCUT2D eigenvalue weighted by molar-refractivity contribution is 0.510. The fourth-order valence-corrected chi connectivity index (χ4v) is 3.95. The molecule has 0 aliphatic carbocycles. The average Bonchev–Trinajstić information content (AvgIpc) is 3.24. The molecule has 0 spiro atoms. The number of imidazole rings is 1. The Morgan fingerprint density at radius 1 is 1.10 bits per heavy atom. The van der Waals surface area contributed by atoms with E-state index in [0.29, 0.717) is 22.5 Å². The number of hydrogen-bond acceptors (Lipinski definition) is 6. The fraction of sp³-hybridized carbons (Fsp3) is 0.0500. The number of hydrogen-bond donors (Lipinski definition) is 2. The molecule has 0 fully saturated rings. The van der Waals surface area contributed by atoms with Gasteiger partial charge in [-0.2, -0.15) is 12.6 Å². The Bertz CT molecular complexity index is 1540. The van der Waals surface area contributed by atoms with Gasteiger partial charge in [0.2, 0.25) is 0 Å². The molecule has 0 saturated carbocycles. The van der Waals surface area contributed by atoms with Crippen molar-refractivity contribution in [2.75, 3.05) is 0 Å². The number of nitrogens with zero attached hydrogens (tertiary/aromatic N) is 5. The van der Waals surface area contributed by atoms with Crippen LogP contribution in [0.25, 0.3) is 27.8 Å². The van der Waals surface area contributed by atoms with Crippen LogP contribution in [0.2, 0.25) is 5.02 Å². The van der Waals surface area contributed by atoms with Crippen LogP contribution in [0.4, 0.5) is 8.78 Å². The van der Waals surface area contributed by atoms with Crippen LogP contribution in [-0.2, 0) is 0 Å². The summed E-state index contributed by atoms with van der Waals surface area (Å²) in [5, 5.41) is -0.686. The summed E-state index contributed by atoms with van der Waals surface area (Å²) in [6.07, 6.45) is 2.77. The Kier molecular flexibility index (Phi) is 4.67. The van der Waals surface area contributed by atoms with Crippen LogP contribution in [0.1, 0.15) is 16.8 Å². The summed E-state index contributed by atoms with van der Waals surface area (Å²) in [4.78, 5) is 33.2. The number of rotatable bonds is 3. The zero-order valence-electron chi connectivity index (χ0n) is 15.4. The van der Waals surface area contributed by atoms with Gasteiger partial charge in [0.25, 0.3) is 5.56 Å². The minimum Gasteiger partial charge on any atom is -0.342 e. The van der Waals surface area contributed by atoms with Gasteiger partial charge in [-0.25, -0.2) is 28.7 Å². The molecule has 3 heterocycles. The summed E-state index contributed by atoms with van der Waals surface area (Å²) >= 11 is 11.0. The van der Waals surface area contributed by atoms with Crippen LogP contribution in [0, 0.1) is 11.6 Å². The maximum absolute atomic E-state index is 13.9. The molecule has 0 aliphatic rings. The molecule has 1 N–H and O–H groups in total. The molecule has 7 nitrogen and oxygen atoms in total. The zero-order valence-corrected chi connectivity index (χ0v) is 17.1. The third-order valence-corrected chi connectivity index (χ3v) is 5.58. The molecule has 31 heavy (non-hydrogen) atoms. The highest BCUT2D eigenvalue weighted by Gasteiger charge is 2.25. The minimum absolute atomic E-state index is 0.0174. The smallest absolute Gasteiger partial charge is 0.266 e. The monoisotopic (exact) mass is 456 g/mol. The normalized spacial score (nSPS) is 12.5. The van der Waals surface area contributed by atoms with Crippen molar-refractivity contribution in [2.45, 2.75) is 5.25 Å². The van der Waals surface area contributed by atoms with Crippen molar-refractivity contribution < 1.29 is 8.78 Å². The molecule has 1 atom stereocenters. The van der Waals surface area contributed by atoms with E-state index in [2.05, 4.69) is 37.5 Å². The van der Waals surface area contributed by atoms with Crippen LogP contribution >= 0.6 is 24.2 Å². The Balaban J connectivity index is 1.87. The number of halogens is 3. The van der Waals surface area contributed by atoms with E-state index >= 15 is 0 Å². The SMILES string of the molecule is O=c1c2cc(F)c(F)cc2nc(C(S)c2ncnc3nc[nH]c23)n1-c1ccccc1Cl. The van der Waals surface area contributed by atoms with E-state index < -0.39 is 22.4 Å². The van der Waals surface area contributed by atoms with Crippen LogP contribution in [0.15, 0.2) is 53.8 Å². The maximum Gasteiger partial charge on any atom is 0.266 e. The first-order chi connectivity index (χ1) is 15.0. The molecule has 5 aromatic rings. The fourth-order valence-electron chi connectivity index (χ4n) is 3.36. The highest BCUT2D eigenvalue weighted by atomic mass is 35.5. The van der Waals surface area contributed by atoms with Gasteiger partial charge >= 0.3 is 0 Å². The van der Waals surface area contributed by atoms with Gasteiger partial charge < -0.3 is 4.98 Å². The summed E-state index contributed by atoms with van der Waals surface area (Å²) in [6.45, 7) is 0. The third-order valence-electron chi connectivity index (χ3n) is 4.79. The second kappa shape index (κ2) is 7.40. The minimum atomic E-state index is -1.15. The first kappa shape index (κ1) is 19.6. The third kappa shape index (κ3) is 3.15. The van der Waals surface area contributed by atoms with E-state index in [1.807, 2.05) is 0 Å². The van der Waals surface area contributed by atoms with Crippen molar-refractivity contribution in [2.24, 2.45) is 0 Å². The first-order valence-corrected chi connectivity index (χ1v) is 9.84. The van der Waals surface area contributed by atoms with Crippen molar-refractivity contribution in [3.8, 4) is 5.69 Å². The number of para-hydroxylation sites is 1. The van der Waals surface area contributed by atoms with Gasteiger partial charge in [-0.15, -0.1) is 0 Å². The van der Waals surface area contributed by atoms with Gasteiger partial charge in [0.1, 0.15) is 22.9 Å². The quantitative estimate of drug-likeness (QED) is 0.400. The van der Waals surface area contributed by atoms with Gasteiger partial charge in [-0.05, 0) is 18.2 Å². The lowest BCUT2D eigenvalue weighted by Gasteiger charge is -2.19. The summed E-state index contributed by atoms with van der Waals surface area (Å²) in [5.41, 5.74) is 0.993. The number of thiol groups is 1. The van der Waals surface area contributed by atoms with Gasteiger partial charge in [-0.3, -0.25) is 9.36 Å². The topological polar surface area (TPSA) is 89.3 Å². The summed E-state index contributed by atoms with van der Waals surface area (Å²) < 4.78 is 29.0. The Hall–Kier alpha value is -3.37. The van der Waals surface area contributed by atoms with E-state index in [0.717, 1.165) is 12.1 Å². The highest BCUT2D eigenvalue weighted by Crippen LogP contribution is 2.32. The molecule has 3 aromatic heterocycles. The van der Waals surface area contributed by atoms with Crippen molar-refractivity contribution in [1.82, 2.24) is 29.5 Å². The molecule has 154 valence electrons. The highest BCUT2D eigenvalue weighted by molar-refractivity contribution is 7.80. The zero-order chi connectivity index (χ0) is 21.7. The number of aromatic nitrogens is 6. The summed E-state index contributed by atoms with van der Waals surface area (Å²) in [7, 11) is 0. The second-order valence-electron chi connectivity index (χ2n) is 6.61. The Morgan fingerprint density at radius 2 is 1.87 bits per heavy atom. The van der Waals surface area contributed by atoms with E-state index in [4.69, 9.17) is 11.6 Å². The largest absolute Gasteiger partial charge is 0.342 e. The van der Waals surface area contributed by atoms with E-state index in [1.165, 1.54) is 17.2 Å². The van der Waals surface area contributed by atoms with Crippen LogP contribution in [0.3, 0.4) is 0 Å². The number of nitrogens with one attached hydrogen (secondary N) is 1. The van der Waals surface area contributed by atoms with E-state index in [9.17, 15) is 13.6 Å². The van der Waals surface area contributed by atoms with E-state index in [-0.39, 0.29) is 21.7 Å². The maximum atomic E-state index is 13.9. The predicted octanol–water partition coefficient (Wildman–Crippen LogP) is 4.00. The van der Waals surface area contributed by atoms with Crippen LogP contribution in [0.5, 0.6) is 0 Å². The van der Waals surface area contributed by atoms with Crippen LogP contribution in [-0.4, -0.2) is 29.5 Å². The molecule has 0 amide bonds. The molecule has 0 bridgehead atoms. The van der Waals surface area contributed by atoms with Gasteiger partial charge in [0.05, 0.1) is 33.6 Å². The molecule has 1 unspecified atom stereocenters. The Labute approximate surface area is 183 Å². The molecule has 2 aromatic carbocycles. The average molecular weight is 457 g/mol. The van der Waals surface area contributed by atoms with Crippen molar-refractivity contribution in [3.05, 3.63) is 87.6 Å². The molecule has 0 saturated heterocycles. The summed E-state index contributed by atoms with van der Waals surface area (Å²) in [5.74, 6) is -2.15. The van der Waals surface area contributed by atoms with Crippen molar-refractivity contribution in [3.63, 3.8) is 0 Å². The summed E-state index contributed by atoms with van der Waals surface area (Å²) in [6, 6.07) is 8.32. The molecule has 0 radical (unpaired) electrons. The lowest BCUT2D eigenvalue weighted by atomic mass is 10.1. The van der Waals surface area contributed by atoms with Crippen molar-refractivity contribution in [1.29, 1.82) is 0 Å². The number of fused-ring (bicyclic) bond motifs is 2. The van der Waals surface area contributed by atoms with Crippen LogP contribution < -0.4 is 5.56 Å². The molecule has 5 rings (SSSR count). The van der Waals surface area contributed by atoms with Gasteiger partial charge in [-0.1, -0.05) is 23.7 Å². The Morgan fingerprint density at radius 3 is 2.68 bits per heavy atom. The van der Waals surface area contributed by atoms with Gasteiger partial charge in [0.15, 0.2) is 17.3 Å². The molecule has 0 aliphatic heterocycles. The number of benzene rings is 2. The number of H-pyrrole nitrogens is 1. The van der Waals surface area contributed by atoms with Crippen molar-refractivity contribution >= 4 is 46.3 Å². The first-order valence-electron chi connectivity index (χ1n) is 8.94. The molecular weight excluding hydrogens is 446 g/mol. The van der Waals surface area contributed by atoms with Gasteiger partial charge in [0, 0.05) is 6.07 Å². The molecule has 11 heteroatoms. The number of aromatic amines is 1. The standard InChI is InChI=1S/C20H11ClF2N6OS/c21-10-3-1-2-4-14(10)29-19(17(31)15-16-18(26-7-24-15)27-8-25-16)28-13-6-12(23)11(22)5-9(13)20(29)30/h1-8,17,31H,(H,24,25,26,27). The van der Waals surface area contributed by atoms with E-state index in [1.54, 1.807) is 24.3 Å². The second-order valence-corrected chi connectivity index (χ2v) is 7.53. The predicted molar refractivity (Wildman–Crippen MR) is 115 cm³/mol. The lowest BCUT2D eigenvalue weighted by Crippen LogP contribution is -2.26.